The van der Waals surface area contributed by atoms with Gasteiger partial charge in [-0.05, 0) is 61.7 Å². The Balaban J connectivity index is 1.59. The van der Waals surface area contributed by atoms with Crippen molar-refractivity contribution in [1.29, 1.82) is 0 Å². The average molecular weight is 351 g/mol. The van der Waals surface area contributed by atoms with Crippen LogP contribution in [0.2, 0.25) is 0 Å². The second-order valence-corrected chi connectivity index (χ2v) is 6.21. The summed E-state index contributed by atoms with van der Waals surface area (Å²) in [4.78, 5) is 23.9. The van der Waals surface area contributed by atoms with Gasteiger partial charge >= 0.3 is 0 Å². The summed E-state index contributed by atoms with van der Waals surface area (Å²) < 4.78 is 5.07. The molecule has 0 aromatic heterocycles. The molecule has 1 aliphatic carbocycles. The third-order valence-electron chi connectivity index (χ3n) is 4.20. The molecule has 2 aromatic rings. The van der Waals surface area contributed by atoms with E-state index in [0.29, 0.717) is 17.0 Å². The molecule has 6 heteroatoms. The van der Waals surface area contributed by atoms with Crippen LogP contribution in [0.4, 0.5) is 5.69 Å². The number of benzene rings is 2. The van der Waals surface area contributed by atoms with Crippen molar-refractivity contribution in [2.24, 2.45) is 11.0 Å². The van der Waals surface area contributed by atoms with E-state index in [1.54, 1.807) is 31.4 Å². The normalized spacial score (nSPS) is 13.8. The molecule has 2 aromatic carbocycles. The Bertz CT molecular complexity index is 822. The van der Waals surface area contributed by atoms with Crippen LogP contribution in [0.1, 0.15) is 35.7 Å². The van der Waals surface area contributed by atoms with Crippen molar-refractivity contribution in [3.05, 3.63) is 59.7 Å². The van der Waals surface area contributed by atoms with E-state index in [2.05, 4.69) is 15.8 Å². The topological polar surface area (TPSA) is 79.8 Å². The molecule has 134 valence electrons. The lowest BCUT2D eigenvalue weighted by molar-refractivity contribution is -0.117. The van der Waals surface area contributed by atoms with Crippen LogP contribution < -0.4 is 15.5 Å². The minimum absolute atomic E-state index is 0.0786. The van der Waals surface area contributed by atoms with E-state index in [9.17, 15) is 9.59 Å². The third-order valence-corrected chi connectivity index (χ3v) is 4.20. The number of carbonyl (C=O) groups is 2. The number of hydrogen-bond acceptors (Lipinski definition) is 4. The highest BCUT2D eigenvalue weighted by molar-refractivity contribution is 6.01. The number of amides is 2. The Morgan fingerprint density at radius 2 is 1.62 bits per heavy atom. The molecule has 2 amide bonds. The lowest BCUT2D eigenvalue weighted by Crippen LogP contribution is -2.19. The maximum atomic E-state index is 12.1. The minimum atomic E-state index is -0.291. The van der Waals surface area contributed by atoms with Gasteiger partial charge in [0, 0.05) is 17.2 Å². The summed E-state index contributed by atoms with van der Waals surface area (Å²) in [7, 11) is 1.57. The number of rotatable bonds is 6. The van der Waals surface area contributed by atoms with Crippen LogP contribution >= 0.6 is 0 Å². The van der Waals surface area contributed by atoms with Crippen LogP contribution in [0.3, 0.4) is 0 Å². The number of ether oxygens (including phenoxy) is 1. The van der Waals surface area contributed by atoms with Crippen molar-refractivity contribution in [2.45, 2.75) is 19.8 Å². The molecule has 26 heavy (non-hydrogen) atoms. The van der Waals surface area contributed by atoms with E-state index in [4.69, 9.17) is 4.74 Å². The zero-order valence-electron chi connectivity index (χ0n) is 14.8. The smallest absolute Gasteiger partial charge is 0.271 e. The highest BCUT2D eigenvalue weighted by Gasteiger charge is 2.29. The number of nitrogens with one attached hydrogen (secondary N) is 2. The Labute approximate surface area is 152 Å². The second kappa shape index (κ2) is 7.82. The van der Waals surface area contributed by atoms with Gasteiger partial charge in [0.25, 0.3) is 5.91 Å². The molecule has 3 rings (SSSR count). The van der Waals surface area contributed by atoms with Gasteiger partial charge in [-0.3, -0.25) is 9.59 Å². The number of nitrogens with zero attached hydrogens (tertiary/aromatic N) is 1. The Kier molecular flexibility index (Phi) is 5.31. The first-order valence-electron chi connectivity index (χ1n) is 8.47. The van der Waals surface area contributed by atoms with Gasteiger partial charge in [0.05, 0.1) is 12.8 Å². The lowest BCUT2D eigenvalue weighted by Gasteiger charge is -2.07. The van der Waals surface area contributed by atoms with Crippen molar-refractivity contribution in [1.82, 2.24) is 5.43 Å². The molecule has 0 heterocycles. The molecule has 1 aliphatic rings. The van der Waals surface area contributed by atoms with E-state index in [-0.39, 0.29) is 17.7 Å². The minimum Gasteiger partial charge on any atom is -0.497 e. The summed E-state index contributed by atoms with van der Waals surface area (Å²) in [6.45, 7) is 1.81. The predicted molar refractivity (Wildman–Crippen MR) is 100 cm³/mol. The van der Waals surface area contributed by atoms with Gasteiger partial charge in [0.15, 0.2) is 0 Å². The van der Waals surface area contributed by atoms with Gasteiger partial charge in [-0.15, -0.1) is 0 Å². The van der Waals surface area contributed by atoms with Gasteiger partial charge in [0.1, 0.15) is 5.75 Å². The fourth-order valence-corrected chi connectivity index (χ4v) is 2.39. The first-order chi connectivity index (χ1) is 12.6. The van der Waals surface area contributed by atoms with Gasteiger partial charge in [-0.1, -0.05) is 12.1 Å². The van der Waals surface area contributed by atoms with E-state index in [0.717, 1.165) is 24.1 Å². The van der Waals surface area contributed by atoms with Crippen molar-refractivity contribution in [2.75, 3.05) is 12.4 Å². The van der Waals surface area contributed by atoms with Gasteiger partial charge in [0.2, 0.25) is 5.91 Å². The van der Waals surface area contributed by atoms with Gasteiger partial charge in [-0.2, -0.15) is 5.10 Å². The number of carbonyl (C=O) groups excluding carboxylic acids is 2. The quantitative estimate of drug-likeness (QED) is 0.619. The van der Waals surface area contributed by atoms with Crippen LogP contribution in [0.5, 0.6) is 5.75 Å². The first-order valence-corrected chi connectivity index (χ1v) is 8.47. The standard InChI is InChI=1S/C20H21N3O3/c1-13(22-23-20(25)16-7-11-18(26-2)12-8-16)14-5-9-17(10-6-14)21-19(24)15-3-4-15/h5-12,15H,3-4H2,1-2H3,(H,21,24)(H,23,25)/b22-13+. The maximum absolute atomic E-state index is 12.1. The summed E-state index contributed by atoms with van der Waals surface area (Å²) in [6.07, 6.45) is 1.95. The Morgan fingerprint density at radius 1 is 1.00 bits per heavy atom. The van der Waals surface area contributed by atoms with Crippen molar-refractivity contribution in [3.8, 4) is 5.75 Å². The number of hydrogen-bond donors (Lipinski definition) is 2. The number of methoxy groups -OCH3 is 1. The van der Waals surface area contributed by atoms with E-state index in [1.807, 2.05) is 31.2 Å². The van der Waals surface area contributed by atoms with Crippen LogP contribution in [0.25, 0.3) is 0 Å². The summed E-state index contributed by atoms with van der Waals surface area (Å²) >= 11 is 0. The van der Waals surface area contributed by atoms with E-state index < -0.39 is 0 Å². The number of anilines is 1. The molecule has 1 fully saturated rings. The first kappa shape index (κ1) is 17.7. The van der Waals surface area contributed by atoms with Crippen LogP contribution in [-0.2, 0) is 4.79 Å². The van der Waals surface area contributed by atoms with Crippen LogP contribution in [0.15, 0.2) is 53.6 Å². The fourth-order valence-electron chi connectivity index (χ4n) is 2.39. The maximum Gasteiger partial charge on any atom is 0.271 e. The summed E-state index contributed by atoms with van der Waals surface area (Å²) in [5.74, 6) is 0.649. The summed E-state index contributed by atoms with van der Waals surface area (Å²) in [5.41, 5.74) is 5.35. The molecule has 1 saturated carbocycles. The molecule has 6 nitrogen and oxygen atoms in total. The van der Waals surface area contributed by atoms with Crippen LogP contribution in [0, 0.1) is 5.92 Å². The molecular formula is C20H21N3O3. The SMILES string of the molecule is COc1ccc(C(=O)N/N=C(\C)c2ccc(NC(=O)C3CC3)cc2)cc1. The molecule has 0 spiro atoms. The van der Waals surface area contributed by atoms with Gasteiger partial charge in [-0.25, -0.2) is 5.43 Å². The fraction of sp³-hybridized carbons (Fsp3) is 0.250. The van der Waals surface area contributed by atoms with E-state index >= 15 is 0 Å². The average Bonchev–Trinajstić information content (AvgIpc) is 3.52. The largest absolute Gasteiger partial charge is 0.497 e. The molecular weight excluding hydrogens is 330 g/mol. The zero-order valence-corrected chi connectivity index (χ0v) is 14.8. The van der Waals surface area contributed by atoms with Crippen LogP contribution in [-0.4, -0.2) is 24.6 Å². The monoisotopic (exact) mass is 351 g/mol. The molecule has 0 unspecified atom stereocenters. The molecule has 0 radical (unpaired) electrons. The highest BCUT2D eigenvalue weighted by Crippen LogP contribution is 2.30. The molecule has 2 N–H and O–H groups in total. The molecule has 0 saturated heterocycles. The summed E-state index contributed by atoms with van der Waals surface area (Å²) in [6, 6.07) is 14.2. The van der Waals surface area contributed by atoms with Crippen molar-refractivity contribution < 1.29 is 14.3 Å². The molecule has 0 aliphatic heterocycles. The van der Waals surface area contributed by atoms with Crippen molar-refractivity contribution >= 4 is 23.2 Å². The Hall–Kier alpha value is -3.15. The lowest BCUT2D eigenvalue weighted by atomic mass is 10.1. The molecule has 0 bridgehead atoms. The second-order valence-electron chi connectivity index (χ2n) is 6.21. The zero-order chi connectivity index (χ0) is 18.5. The third kappa shape index (κ3) is 4.47. The molecule has 0 atom stereocenters. The number of hydrazone groups is 1. The van der Waals surface area contributed by atoms with Gasteiger partial charge < -0.3 is 10.1 Å². The Morgan fingerprint density at radius 3 is 2.19 bits per heavy atom. The highest BCUT2D eigenvalue weighted by atomic mass is 16.5. The summed E-state index contributed by atoms with van der Waals surface area (Å²) in [5, 5.41) is 7.03. The van der Waals surface area contributed by atoms with E-state index in [1.165, 1.54) is 0 Å². The van der Waals surface area contributed by atoms with Crippen molar-refractivity contribution in [3.63, 3.8) is 0 Å². The predicted octanol–water partition coefficient (Wildman–Crippen LogP) is 3.20.